The van der Waals surface area contributed by atoms with E-state index in [2.05, 4.69) is 15.5 Å². The fourth-order valence-corrected chi connectivity index (χ4v) is 3.84. The van der Waals surface area contributed by atoms with Gasteiger partial charge in [0.25, 0.3) is 17.7 Å². The third-order valence-electron chi connectivity index (χ3n) is 4.51. The molecule has 1 aliphatic heterocycles. The van der Waals surface area contributed by atoms with E-state index in [0.29, 0.717) is 27.6 Å². The summed E-state index contributed by atoms with van der Waals surface area (Å²) in [5, 5.41) is 11.2. The van der Waals surface area contributed by atoms with Gasteiger partial charge in [0.1, 0.15) is 22.1 Å². The van der Waals surface area contributed by atoms with Gasteiger partial charge in [-0.05, 0) is 24.3 Å². The van der Waals surface area contributed by atoms with E-state index in [0.717, 1.165) is 16.2 Å². The molecule has 1 aliphatic rings. The normalized spacial score (nSPS) is 12.7. The minimum atomic E-state index is -0.479. The molecule has 2 heterocycles. The van der Waals surface area contributed by atoms with Gasteiger partial charge in [0, 0.05) is 0 Å². The molecule has 0 saturated carbocycles. The minimum absolute atomic E-state index is 0.0299. The number of anilines is 1. The Balaban J connectivity index is 1.50. The summed E-state index contributed by atoms with van der Waals surface area (Å²) in [6.45, 7) is -0.0299. The van der Waals surface area contributed by atoms with Crippen LogP contribution in [0.15, 0.2) is 42.5 Å². The van der Waals surface area contributed by atoms with Crippen LogP contribution >= 0.6 is 11.3 Å². The second-order valence-corrected chi connectivity index (χ2v) is 7.30. The fourth-order valence-electron chi connectivity index (χ4n) is 3.12. The molecule has 0 aliphatic carbocycles. The molecule has 3 aromatic rings. The second-order valence-electron chi connectivity index (χ2n) is 6.23. The Morgan fingerprint density at radius 2 is 1.57 bits per heavy atom. The average molecular weight is 424 g/mol. The van der Waals surface area contributed by atoms with Gasteiger partial charge in [-0.3, -0.25) is 24.6 Å². The second kappa shape index (κ2) is 7.91. The SMILES string of the molecule is COc1cccc(OC)c1C(=O)Nc1nnc(CN2C(=O)c3ccccc3C2=O)s1. The summed E-state index contributed by atoms with van der Waals surface area (Å²) in [7, 11) is 2.91. The number of fused-ring (bicyclic) bond motifs is 1. The molecule has 0 saturated heterocycles. The highest BCUT2D eigenvalue weighted by molar-refractivity contribution is 7.15. The van der Waals surface area contributed by atoms with Crippen molar-refractivity contribution in [3.63, 3.8) is 0 Å². The van der Waals surface area contributed by atoms with Crippen molar-refractivity contribution in [1.82, 2.24) is 15.1 Å². The van der Waals surface area contributed by atoms with Crippen LogP contribution in [-0.4, -0.2) is 47.0 Å². The van der Waals surface area contributed by atoms with Crippen molar-refractivity contribution in [3.8, 4) is 11.5 Å². The van der Waals surface area contributed by atoms with E-state index in [1.54, 1.807) is 42.5 Å². The van der Waals surface area contributed by atoms with E-state index in [1.807, 2.05) is 0 Å². The van der Waals surface area contributed by atoms with Crippen LogP contribution in [0.4, 0.5) is 5.13 Å². The highest BCUT2D eigenvalue weighted by atomic mass is 32.1. The zero-order valence-corrected chi connectivity index (χ0v) is 16.9. The molecule has 0 unspecified atom stereocenters. The predicted molar refractivity (Wildman–Crippen MR) is 108 cm³/mol. The van der Waals surface area contributed by atoms with Gasteiger partial charge in [0.2, 0.25) is 5.13 Å². The molecule has 152 valence electrons. The van der Waals surface area contributed by atoms with Gasteiger partial charge in [-0.2, -0.15) is 0 Å². The number of hydrogen-bond acceptors (Lipinski definition) is 8. The van der Waals surface area contributed by atoms with Crippen LogP contribution < -0.4 is 14.8 Å². The largest absolute Gasteiger partial charge is 0.496 e. The first-order chi connectivity index (χ1) is 14.5. The number of nitrogens with one attached hydrogen (secondary N) is 1. The van der Waals surface area contributed by atoms with Gasteiger partial charge < -0.3 is 9.47 Å². The van der Waals surface area contributed by atoms with E-state index in [1.165, 1.54) is 14.2 Å². The van der Waals surface area contributed by atoms with E-state index in [9.17, 15) is 14.4 Å². The summed E-state index contributed by atoms with van der Waals surface area (Å²) < 4.78 is 10.5. The highest BCUT2D eigenvalue weighted by Gasteiger charge is 2.35. The lowest BCUT2D eigenvalue weighted by Crippen LogP contribution is -2.29. The highest BCUT2D eigenvalue weighted by Crippen LogP contribution is 2.30. The van der Waals surface area contributed by atoms with Crippen molar-refractivity contribution in [1.29, 1.82) is 0 Å². The fraction of sp³-hybridized carbons (Fsp3) is 0.150. The first kappa shape index (κ1) is 19.5. The minimum Gasteiger partial charge on any atom is -0.496 e. The van der Waals surface area contributed by atoms with Crippen LogP contribution in [0, 0.1) is 0 Å². The summed E-state index contributed by atoms with van der Waals surface area (Å²) in [5.74, 6) is -0.539. The summed E-state index contributed by atoms with van der Waals surface area (Å²) >= 11 is 1.07. The smallest absolute Gasteiger partial charge is 0.265 e. The Morgan fingerprint density at radius 1 is 0.967 bits per heavy atom. The molecule has 0 fully saturated rings. The molecule has 9 nitrogen and oxygen atoms in total. The molecule has 0 atom stereocenters. The van der Waals surface area contributed by atoms with Crippen molar-refractivity contribution in [3.05, 3.63) is 64.2 Å². The van der Waals surface area contributed by atoms with Gasteiger partial charge in [0.05, 0.1) is 31.9 Å². The average Bonchev–Trinajstić information content (AvgIpc) is 3.31. The Bertz CT molecular complexity index is 1100. The zero-order valence-electron chi connectivity index (χ0n) is 16.0. The van der Waals surface area contributed by atoms with Gasteiger partial charge in [-0.15, -0.1) is 10.2 Å². The van der Waals surface area contributed by atoms with Crippen molar-refractivity contribution >= 4 is 34.2 Å². The number of carbonyl (C=O) groups excluding carboxylic acids is 3. The first-order valence-corrected chi connectivity index (χ1v) is 9.65. The number of benzene rings is 2. The van der Waals surface area contributed by atoms with Crippen LogP contribution in [0.3, 0.4) is 0 Å². The van der Waals surface area contributed by atoms with Crippen molar-refractivity contribution in [2.45, 2.75) is 6.54 Å². The number of aromatic nitrogens is 2. The molecular weight excluding hydrogens is 408 g/mol. The molecule has 1 N–H and O–H groups in total. The van der Waals surface area contributed by atoms with Crippen molar-refractivity contribution in [2.24, 2.45) is 0 Å². The Morgan fingerprint density at radius 3 is 2.13 bits per heavy atom. The maximum Gasteiger partial charge on any atom is 0.265 e. The molecular formula is C20H16N4O5S. The number of methoxy groups -OCH3 is 2. The van der Waals surface area contributed by atoms with Gasteiger partial charge >= 0.3 is 0 Å². The number of nitrogens with zero attached hydrogens (tertiary/aromatic N) is 3. The summed E-state index contributed by atoms with van der Waals surface area (Å²) in [5.41, 5.74) is 0.951. The van der Waals surface area contributed by atoms with Crippen LogP contribution in [0.2, 0.25) is 0 Å². The molecule has 3 amide bonds. The van der Waals surface area contributed by atoms with Crippen molar-refractivity contribution in [2.75, 3.05) is 19.5 Å². The first-order valence-electron chi connectivity index (χ1n) is 8.83. The lowest BCUT2D eigenvalue weighted by Gasteiger charge is -2.12. The molecule has 10 heteroatoms. The van der Waals surface area contributed by atoms with Crippen molar-refractivity contribution < 1.29 is 23.9 Å². The third kappa shape index (κ3) is 3.37. The topological polar surface area (TPSA) is 111 Å². The maximum atomic E-state index is 12.7. The van der Waals surface area contributed by atoms with Crippen LogP contribution in [0.5, 0.6) is 11.5 Å². The molecule has 4 rings (SSSR count). The standard InChI is InChI=1S/C20H16N4O5S/c1-28-13-8-5-9-14(29-2)16(13)17(25)21-20-23-22-15(30-20)10-24-18(26)11-6-3-4-7-12(11)19(24)27/h3-9H,10H2,1-2H3,(H,21,23,25). The number of hydrogen-bond donors (Lipinski definition) is 1. The van der Waals surface area contributed by atoms with E-state index in [-0.39, 0.29) is 29.1 Å². The Kier molecular flexibility index (Phi) is 5.15. The maximum absolute atomic E-state index is 12.7. The predicted octanol–water partition coefficient (Wildman–Crippen LogP) is 2.60. The third-order valence-corrected chi connectivity index (χ3v) is 5.34. The molecule has 30 heavy (non-hydrogen) atoms. The number of ether oxygens (including phenoxy) is 2. The summed E-state index contributed by atoms with van der Waals surface area (Å²) in [6.07, 6.45) is 0. The van der Waals surface area contributed by atoms with Gasteiger partial charge in [-0.25, -0.2) is 0 Å². The number of rotatable bonds is 6. The lowest BCUT2D eigenvalue weighted by atomic mass is 10.1. The molecule has 0 bridgehead atoms. The molecule has 0 spiro atoms. The van der Waals surface area contributed by atoms with Gasteiger partial charge in [0.15, 0.2) is 0 Å². The number of imide groups is 1. The quantitative estimate of drug-likeness (QED) is 0.606. The van der Waals surface area contributed by atoms with Crippen LogP contribution in [0.25, 0.3) is 0 Å². The van der Waals surface area contributed by atoms with Crippen LogP contribution in [0.1, 0.15) is 36.1 Å². The van der Waals surface area contributed by atoms with E-state index >= 15 is 0 Å². The van der Waals surface area contributed by atoms with Crippen LogP contribution in [-0.2, 0) is 6.54 Å². The van der Waals surface area contributed by atoms with E-state index in [4.69, 9.17) is 9.47 Å². The zero-order chi connectivity index (χ0) is 21.3. The monoisotopic (exact) mass is 424 g/mol. The molecule has 0 radical (unpaired) electrons. The summed E-state index contributed by atoms with van der Waals surface area (Å²) in [4.78, 5) is 38.8. The Labute approximate surface area is 175 Å². The summed E-state index contributed by atoms with van der Waals surface area (Å²) in [6, 6.07) is 11.6. The van der Waals surface area contributed by atoms with E-state index < -0.39 is 5.91 Å². The lowest BCUT2D eigenvalue weighted by molar-refractivity contribution is 0.0641. The molecule has 1 aromatic heterocycles. The Hall–Kier alpha value is -3.79. The number of carbonyl (C=O) groups is 3. The van der Waals surface area contributed by atoms with Gasteiger partial charge in [-0.1, -0.05) is 29.5 Å². The number of amides is 3. The molecule has 2 aromatic carbocycles.